The van der Waals surface area contributed by atoms with Crippen molar-refractivity contribution in [1.82, 2.24) is 0 Å². The number of benzene rings is 1. The highest BCUT2D eigenvalue weighted by atomic mass is 32.2. The van der Waals surface area contributed by atoms with Crippen molar-refractivity contribution in [3.8, 4) is 0 Å². The number of nitrogens with zero attached hydrogens (tertiary/aromatic N) is 1. The Kier molecular flexibility index (Phi) is 2.74. The molecule has 0 aromatic heterocycles. The molecular formula is C13H16N2OS. The van der Waals surface area contributed by atoms with Crippen LogP contribution in [0.25, 0.3) is 0 Å². The third kappa shape index (κ3) is 1.80. The summed E-state index contributed by atoms with van der Waals surface area (Å²) in [5.41, 5.74) is 7.76. The molecular weight excluding hydrogens is 232 g/mol. The summed E-state index contributed by atoms with van der Waals surface area (Å²) in [6, 6.07) is 7.91. The lowest BCUT2D eigenvalue weighted by molar-refractivity contribution is 0.314. The molecule has 0 unspecified atom stereocenters. The van der Waals surface area contributed by atoms with E-state index in [1.807, 2.05) is 24.3 Å². The fraction of sp³-hybridized carbons (Fsp3) is 0.462. The first-order valence-corrected chi connectivity index (χ1v) is 6.90. The molecule has 0 spiro atoms. The Morgan fingerprint density at radius 2 is 2.12 bits per heavy atom. The summed E-state index contributed by atoms with van der Waals surface area (Å²) in [5.74, 6) is 1.17. The maximum absolute atomic E-state index is 9.15. The monoisotopic (exact) mass is 248 g/mol. The van der Waals surface area contributed by atoms with Crippen molar-refractivity contribution in [3.05, 3.63) is 24.3 Å². The number of para-hydroxylation sites is 1. The van der Waals surface area contributed by atoms with E-state index in [-0.39, 0.29) is 0 Å². The minimum Gasteiger partial charge on any atom is -0.411 e. The summed E-state index contributed by atoms with van der Waals surface area (Å²) in [6.07, 6.45) is 3.63. The van der Waals surface area contributed by atoms with Crippen LogP contribution in [0.15, 0.2) is 34.3 Å². The molecule has 90 valence electrons. The first-order chi connectivity index (χ1) is 8.29. The van der Waals surface area contributed by atoms with E-state index in [0.717, 1.165) is 16.3 Å². The molecule has 2 bridgehead atoms. The molecule has 3 nitrogen and oxygen atoms in total. The minimum atomic E-state index is 0.323. The van der Waals surface area contributed by atoms with Gasteiger partial charge in [0.2, 0.25) is 0 Å². The summed E-state index contributed by atoms with van der Waals surface area (Å²) >= 11 is 1.76. The molecule has 0 amide bonds. The first kappa shape index (κ1) is 11.0. The molecule has 2 aliphatic rings. The molecule has 4 heteroatoms. The standard InChI is InChI=1S/C13H16N2OS/c14-10-3-1-2-4-11(10)17-13-9-6-5-8(7-9)12(13)15-16/h1-4,8-9,13,16H,5-7,14H2/b15-12+/t8-,9-,13-/m0/s1. The summed E-state index contributed by atoms with van der Waals surface area (Å²) in [4.78, 5) is 1.10. The topological polar surface area (TPSA) is 58.6 Å². The van der Waals surface area contributed by atoms with Crippen LogP contribution >= 0.6 is 11.8 Å². The molecule has 2 fully saturated rings. The van der Waals surface area contributed by atoms with E-state index in [1.54, 1.807) is 11.8 Å². The molecule has 0 saturated heterocycles. The van der Waals surface area contributed by atoms with Crippen LogP contribution < -0.4 is 5.73 Å². The summed E-state index contributed by atoms with van der Waals surface area (Å²) in [6.45, 7) is 0. The van der Waals surface area contributed by atoms with E-state index < -0.39 is 0 Å². The van der Waals surface area contributed by atoms with Crippen molar-refractivity contribution in [3.63, 3.8) is 0 Å². The van der Waals surface area contributed by atoms with Crippen LogP contribution in [-0.4, -0.2) is 16.2 Å². The normalized spacial score (nSPS) is 33.4. The summed E-state index contributed by atoms with van der Waals surface area (Å²) in [5, 5.41) is 13.0. The molecule has 3 rings (SSSR count). The molecule has 1 aromatic carbocycles. The summed E-state index contributed by atoms with van der Waals surface area (Å²) in [7, 11) is 0. The second-order valence-electron chi connectivity index (χ2n) is 4.87. The molecule has 2 saturated carbocycles. The number of oxime groups is 1. The maximum atomic E-state index is 9.15. The Balaban J connectivity index is 1.84. The van der Waals surface area contributed by atoms with Gasteiger partial charge in [0, 0.05) is 16.5 Å². The largest absolute Gasteiger partial charge is 0.411 e. The third-order valence-corrected chi connectivity index (χ3v) is 5.41. The van der Waals surface area contributed by atoms with Crippen LogP contribution in [0.1, 0.15) is 19.3 Å². The number of anilines is 1. The van der Waals surface area contributed by atoms with Crippen LogP contribution in [0.4, 0.5) is 5.69 Å². The van der Waals surface area contributed by atoms with Gasteiger partial charge in [0.25, 0.3) is 0 Å². The van der Waals surface area contributed by atoms with Gasteiger partial charge in [0.05, 0.1) is 11.0 Å². The second kappa shape index (κ2) is 4.26. The Bertz CT molecular complexity index is 460. The lowest BCUT2D eigenvalue weighted by atomic mass is 9.98. The van der Waals surface area contributed by atoms with Crippen LogP contribution in [0.2, 0.25) is 0 Å². The first-order valence-electron chi connectivity index (χ1n) is 6.02. The van der Waals surface area contributed by atoms with Crippen LogP contribution in [0.5, 0.6) is 0 Å². The predicted octanol–water partition coefficient (Wildman–Crippen LogP) is 2.99. The van der Waals surface area contributed by atoms with Crippen LogP contribution in [-0.2, 0) is 0 Å². The van der Waals surface area contributed by atoms with E-state index in [4.69, 9.17) is 10.9 Å². The van der Waals surface area contributed by atoms with Gasteiger partial charge in [-0.3, -0.25) is 0 Å². The summed E-state index contributed by atoms with van der Waals surface area (Å²) < 4.78 is 0. The van der Waals surface area contributed by atoms with E-state index in [1.165, 1.54) is 19.3 Å². The lowest BCUT2D eigenvalue weighted by Crippen LogP contribution is -2.24. The highest BCUT2D eigenvalue weighted by Gasteiger charge is 2.46. The molecule has 0 radical (unpaired) electrons. The van der Waals surface area contributed by atoms with Gasteiger partial charge in [-0.05, 0) is 37.3 Å². The van der Waals surface area contributed by atoms with Gasteiger partial charge in [0.1, 0.15) is 0 Å². The Labute approximate surface area is 105 Å². The number of hydrogen-bond acceptors (Lipinski definition) is 4. The fourth-order valence-corrected chi connectivity index (χ4v) is 4.49. The molecule has 3 N–H and O–H groups in total. The highest BCUT2D eigenvalue weighted by molar-refractivity contribution is 8.00. The van der Waals surface area contributed by atoms with Crippen LogP contribution in [0, 0.1) is 11.8 Å². The number of thioether (sulfide) groups is 1. The number of nitrogen functional groups attached to an aromatic ring is 1. The molecule has 0 heterocycles. The zero-order valence-electron chi connectivity index (χ0n) is 9.54. The van der Waals surface area contributed by atoms with Crippen molar-refractivity contribution in [1.29, 1.82) is 0 Å². The van der Waals surface area contributed by atoms with Gasteiger partial charge < -0.3 is 10.9 Å². The van der Waals surface area contributed by atoms with E-state index in [9.17, 15) is 0 Å². The number of nitrogens with two attached hydrogens (primary N) is 1. The van der Waals surface area contributed by atoms with Gasteiger partial charge in [-0.2, -0.15) is 0 Å². The third-order valence-electron chi connectivity index (χ3n) is 3.90. The predicted molar refractivity (Wildman–Crippen MR) is 70.6 cm³/mol. The molecule has 17 heavy (non-hydrogen) atoms. The van der Waals surface area contributed by atoms with Crippen LogP contribution in [0.3, 0.4) is 0 Å². The van der Waals surface area contributed by atoms with Gasteiger partial charge >= 0.3 is 0 Å². The maximum Gasteiger partial charge on any atom is 0.0737 e. The van der Waals surface area contributed by atoms with Crippen molar-refractivity contribution >= 4 is 23.2 Å². The van der Waals surface area contributed by atoms with E-state index >= 15 is 0 Å². The highest BCUT2D eigenvalue weighted by Crippen LogP contribution is 2.50. The van der Waals surface area contributed by atoms with Crippen molar-refractivity contribution in [2.45, 2.75) is 29.4 Å². The fourth-order valence-electron chi connectivity index (χ4n) is 3.05. The van der Waals surface area contributed by atoms with Gasteiger partial charge in [0.15, 0.2) is 0 Å². The zero-order valence-corrected chi connectivity index (χ0v) is 10.4. The van der Waals surface area contributed by atoms with E-state index in [0.29, 0.717) is 17.1 Å². The Morgan fingerprint density at radius 1 is 1.29 bits per heavy atom. The van der Waals surface area contributed by atoms with Gasteiger partial charge in [-0.25, -0.2) is 0 Å². The molecule has 1 aromatic rings. The van der Waals surface area contributed by atoms with Gasteiger partial charge in [-0.15, -0.1) is 11.8 Å². The molecule has 2 aliphatic carbocycles. The van der Waals surface area contributed by atoms with Crippen molar-refractivity contribution < 1.29 is 5.21 Å². The Hall–Kier alpha value is -1.16. The smallest absolute Gasteiger partial charge is 0.0737 e. The average Bonchev–Trinajstić information content (AvgIpc) is 2.92. The van der Waals surface area contributed by atoms with Gasteiger partial charge in [-0.1, -0.05) is 17.3 Å². The molecule has 0 aliphatic heterocycles. The Morgan fingerprint density at radius 3 is 2.88 bits per heavy atom. The van der Waals surface area contributed by atoms with Crippen molar-refractivity contribution in [2.75, 3.05) is 5.73 Å². The van der Waals surface area contributed by atoms with E-state index in [2.05, 4.69) is 5.16 Å². The SMILES string of the molecule is Nc1ccccc1S[C@@H]1/C(=N/O)[C@H]2CC[C@H]1C2. The number of fused-ring (bicyclic) bond motifs is 2. The minimum absolute atomic E-state index is 0.323. The second-order valence-corrected chi connectivity index (χ2v) is 6.05. The lowest BCUT2D eigenvalue weighted by Gasteiger charge is -2.22. The average molecular weight is 248 g/mol. The quantitative estimate of drug-likeness (QED) is 0.480. The van der Waals surface area contributed by atoms with Crippen molar-refractivity contribution in [2.24, 2.45) is 17.0 Å². The zero-order chi connectivity index (χ0) is 11.8. The number of rotatable bonds is 2. The molecule has 3 atom stereocenters. The number of hydrogen-bond donors (Lipinski definition) is 2.